The van der Waals surface area contributed by atoms with Crippen LogP contribution in [0.3, 0.4) is 0 Å². The number of hydrogen-bond acceptors (Lipinski definition) is 2. The van der Waals surface area contributed by atoms with Crippen molar-refractivity contribution < 1.29 is 13.2 Å². The third kappa shape index (κ3) is 3.70. The molecule has 1 aromatic carbocycles. The molecule has 0 aliphatic carbocycles. The van der Waals surface area contributed by atoms with E-state index in [2.05, 4.69) is 17.1 Å². The van der Waals surface area contributed by atoms with E-state index in [0.29, 0.717) is 11.6 Å². The molecule has 1 heterocycles. The summed E-state index contributed by atoms with van der Waals surface area (Å²) in [6.45, 7) is 7.38. The fraction of sp³-hybridized carbons (Fsp3) is 0.571. The van der Waals surface area contributed by atoms with Crippen molar-refractivity contribution in [2.24, 2.45) is 0 Å². The van der Waals surface area contributed by atoms with Gasteiger partial charge in [0.05, 0.1) is 5.56 Å². The van der Waals surface area contributed by atoms with Gasteiger partial charge in [0.1, 0.15) is 0 Å². The molecule has 0 bridgehead atoms. The third-order valence-corrected chi connectivity index (χ3v) is 3.52. The molecular formula is C14H19F3N2. The highest BCUT2D eigenvalue weighted by Gasteiger charge is 2.30. The van der Waals surface area contributed by atoms with Crippen LogP contribution in [0.5, 0.6) is 0 Å². The van der Waals surface area contributed by atoms with Crippen molar-refractivity contribution in [2.75, 3.05) is 19.6 Å². The van der Waals surface area contributed by atoms with E-state index in [0.717, 1.165) is 31.7 Å². The lowest BCUT2D eigenvalue weighted by atomic mass is 10.0. The lowest BCUT2D eigenvalue weighted by Gasteiger charge is -2.32. The first-order chi connectivity index (χ1) is 8.86. The normalized spacial score (nSPS) is 21.6. The lowest BCUT2D eigenvalue weighted by molar-refractivity contribution is -0.137. The SMILES string of the molecule is Cc1cc(C(F)(F)F)ccc1CN1CCN[C@@H](C)C1. The Kier molecular flexibility index (Phi) is 4.16. The van der Waals surface area contributed by atoms with E-state index in [1.165, 1.54) is 12.1 Å². The summed E-state index contributed by atoms with van der Waals surface area (Å²) in [4.78, 5) is 2.27. The summed E-state index contributed by atoms with van der Waals surface area (Å²) >= 11 is 0. The van der Waals surface area contributed by atoms with Gasteiger partial charge in [0.25, 0.3) is 0 Å². The molecule has 1 N–H and O–H groups in total. The average molecular weight is 272 g/mol. The quantitative estimate of drug-likeness (QED) is 0.890. The Labute approximate surface area is 111 Å². The van der Waals surface area contributed by atoms with Gasteiger partial charge in [-0.3, -0.25) is 4.90 Å². The van der Waals surface area contributed by atoms with Crippen LogP contribution in [0, 0.1) is 6.92 Å². The monoisotopic (exact) mass is 272 g/mol. The molecule has 5 heteroatoms. The zero-order valence-corrected chi connectivity index (χ0v) is 11.2. The van der Waals surface area contributed by atoms with Crippen LogP contribution < -0.4 is 5.32 Å². The van der Waals surface area contributed by atoms with Crippen molar-refractivity contribution in [1.29, 1.82) is 0 Å². The van der Waals surface area contributed by atoms with Crippen LogP contribution >= 0.6 is 0 Å². The smallest absolute Gasteiger partial charge is 0.312 e. The van der Waals surface area contributed by atoms with Gasteiger partial charge >= 0.3 is 6.18 Å². The molecule has 0 spiro atoms. The van der Waals surface area contributed by atoms with Gasteiger partial charge in [0, 0.05) is 32.2 Å². The van der Waals surface area contributed by atoms with E-state index in [1.54, 1.807) is 13.0 Å². The second-order valence-electron chi connectivity index (χ2n) is 5.23. The summed E-state index contributed by atoms with van der Waals surface area (Å²) in [5, 5.41) is 3.35. The molecule has 0 amide bonds. The van der Waals surface area contributed by atoms with Crippen molar-refractivity contribution in [3.63, 3.8) is 0 Å². The lowest BCUT2D eigenvalue weighted by Crippen LogP contribution is -2.48. The van der Waals surface area contributed by atoms with Gasteiger partial charge in [-0.05, 0) is 37.1 Å². The highest BCUT2D eigenvalue weighted by Crippen LogP contribution is 2.30. The fourth-order valence-corrected chi connectivity index (χ4v) is 2.45. The molecule has 1 aromatic rings. The number of benzene rings is 1. The van der Waals surface area contributed by atoms with Crippen LogP contribution in [0.1, 0.15) is 23.6 Å². The topological polar surface area (TPSA) is 15.3 Å². The van der Waals surface area contributed by atoms with E-state index in [4.69, 9.17) is 0 Å². The zero-order valence-electron chi connectivity index (χ0n) is 11.2. The van der Waals surface area contributed by atoms with E-state index in [-0.39, 0.29) is 0 Å². The highest BCUT2D eigenvalue weighted by atomic mass is 19.4. The zero-order chi connectivity index (χ0) is 14.0. The van der Waals surface area contributed by atoms with Crippen LogP contribution in [-0.2, 0) is 12.7 Å². The van der Waals surface area contributed by atoms with Crippen molar-refractivity contribution in [3.05, 3.63) is 34.9 Å². The minimum atomic E-state index is -4.26. The first-order valence-corrected chi connectivity index (χ1v) is 6.49. The Morgan fingerprint density at radius 2 is 2.11 bits per heavy atom. The Balaban J connectivity index is 2.09. The molecule has 1 aliphatic heterocycles. The predicted molar refractivity (Wildman–Crippen MR) is 68.9 cm³/mol. The summed E-state index contributed by atoms with van der Waals surface area (Å²) < 4.78 is 37.8. The van der Waals surface area contributed by atoms with Gasteiger partial charge in [-0.2, -0.15) is 13.2 Å². The molecule has 0 aromatic heterocycles. The highest BCUT2D eigenvalue weighted by molar-refractivity contribution is 5.32. The number of aryl methyl sites for hydroxylation is 1. The van der Waals surface area contributed by atoms with Crippen LogP contribution in [0.4, 0.5) is 13.2 Å². The second kappa shape index (κ2) is 5.51. The van der Waals surface area contributed by atoms with Crippen LogP contribution in [0.25, 0.3) is 0 Å². The molecule has 1 saturated heterocycles. The number of hydrogen-bond donors (Lipinski definition) is 1. The molecule has 1 fully saturated rings. The number of alkyl halides is 3. The fourth-order valence-electron chi connectivity index (χ4n) is 2.45. The summed E-state index contributed by atoms with van der Waals surface area (Å²) in [7, 11) is 0. The Bertz CT molecular complexity index is 443. The molecule has 106 valence electrons. The van der Waals surface area contributed by atoms with Gasteiger partial charge in [-0.25, -0.2) is 0 Å². The number of nitrogens with zero attached hydrogens (tertiary/aromatic N) is 1. The second-order valence-corrected chi connectivity index (χ2v) is 5.23. The molecule has 2 nitrogen and oxygen atoms in total. The third-order valence-electron chi connectivity index (χ3n) is 3.52. The van der Waals surface area contributed by atoms with E-state index < -0.39 is 11.7 Å². The number of rotatable bonds is 2. The molecule has 1 aliphatic rings. The number of piperazine rings is 1. The summed E-state index contributed by atoms with van der Waals surface area (Å²) in [5.74, 6) is 0. The molecule has 19 heavy (non-hydrogen) atoms. The maximum Gasteiger partial charge on any atom is 0.416 e. The van der Waals surface area contributed by atoms with E-state index >= 15 is 0 Å². The maximum atomic E-state index is 12.6. The Morgan fingerprint density at radius 1 is 1.37 bits per heavy atom. The molecular weight excluding hydrogens is 253 g/mol. The van der Waals surface area contributed by atoms with Gasteiger partial charge < -0.3 is 5.32 Å². The van der Waals surface area contributed by atoms with Gasteiger partial charge in [-0.15, -0.1) is 0 Å². The Hall–Kier alpha value is -1.07. The predicted octanol–water partition coefficient (Wildman–Crippen LogP) is 2.81. The number of nitrogens with one attached hydrogen (secondary N) is 1. The largest absolute Gasteiger partial charge is 0.416 e. The molecule has 2 rings (SSSR count). The molecule has 0 saturated carbocycles. The van der Waals surface area contributed by atoms with Crippen molar-refractivity contribution >= 4 is 0 Å². The summed E-state index contributed by atoms with van der Waals surface area (Å²) in [6, 6.07) is 4.45. The summed E-state index contributed by atoms with van der Waals surface area (Å²) in [5.41, 5.74) is 1.12. The Morgan fingerprint density at radius 3 is 2.68 bits per heavy atom. The van der Waals surface area contributed by atoms with Crippen molar-refractivity contribution in [3.8, 4) is 0 Å². The maximum absolute atomic E-state index is 12.6. The average Bonchev–Trinajstić information content (AvgIpc) is 2.30. The molecule has 0 radical (unpaired) electrons. The van der Waals surface area contributed by atoms with Crippen molar-refractivity contribution in [1.82, 2.24) is 10.2 Å². The van der Waals surface area contributed by atoms with Gasteiger partial charge in [-0.1, -0.05) is 6.07 Å². The summed E-state index contributed by atoms with van der Waals surface area (Å²) in [6.07, 6.45) is -4.26. The van der Waals surface area contributed by atoms with E-state index in [9.17, 15) is 13.2 Å². The first-order valence-electron chi connectivity index (χ1n) is 6.49. The van der Waals surface area contributed by atoms with Gasteiger partial charge in [0.2, 0.25) is 0 Å². The first kappa shape index (κ1) is 14.3. The van der Waals surface area contributed by atoms with Crippen LogP contribution in [0.2, 0.25) is 0 Å². The minimum absolute atomic E-state index is 0.434. The molecule has 1 atom stereocenters. The van der Waals surface area contributed by atoms with Crippen LogP contribution in [-0.4, -0.2) is 30.6 Å². The van der Waals surface area contributed by atoms with Crippen molar-refractivity contribution in [2.45, 2.75) is 32.6 Å². The number of halogens is 3. The van der Waals surface area contributed by atoms with E-state index in [1.807, 2.05) is 0 Å². The van der Waals surface area contributed by atoms with Gasteiger partial charge in [0.15, 0.2) is 0 Å². The molecule has 0 unspecified atom stereocenters. The van der Waals surface area contributed by atoms with Crippen LogP contribution in [0.15, 0.2) is 18.2 Å². The minimum Gasteiger partial charge on any atom is -0.312 e. The standard InChI is InChI=1S/C14H19F3N2/c1-10-7-13(14(15,16)17)4-3-12(10)9-19-6-5-18-11(2)8-19/h3-4,7,11,18H,5-6,8-9H2,1-2H3/t11-/m0/s1.